The lowest BCUT2D eigenvalue weighted by atomic mass is 9.87. The summed E-state index contributed by atoms with van der Waals surface area (Å²) in [6.07, 6.45) is 5.50. The van der Waals surface area contributed by atoms with Gasteiger partial charge in [0.2, 0.25) is 0 Å². The molecule has 0 radical (unpaired) electrons. The molecule has 0 aromatic rings. The smallest absolute Gasteiger partial charge is 0.323 e. The molecule has 0 saturated carbocycles. The summed E-state index contributed by atoms with van der Waals surface area (Å²) >= 11 is 0. The van der Waals surface area contributed by atoms with Gasteiger partial charge in [-0.25, -0.2) is 0 Å². The fourth-order valence-corrected chi connectivity index (χ4v) is 3.14. The van der Waals surface area contributed by atoms with Crippen molar-refractivity contribution in [3.8, 4) is 0 Å². The van der Waals surface area contributed by atoms with Crippen LogP contribution in [-0.4, -0.2) is 62.1 Å². The number of rotatable bonds is 3. The molecule has 0 spiro atoms. The van der Waals surface area contributed by atoms with Crippen molar-refractivity contribution in [3.05, 3.63) is 11.6 Å². The van der Waals surface area contributed by atoms with E-state index in [1.54, 1.807) is 0 Å². The summed E-state index contributed by atoms with van der Waals surface area (Å²) in [7, 11) is 3.66. The van der Waals surface area contributed by atoms with Crippen LogP contribution in [0.1, 0.15) is 26.2 Å². The zero-order chi connectivity index (χ0) is 13.8. The SMILES string of the molecule is COC(=O)C(C1CCN(C)CC1)N1CC=C(C)CC1. The van der Waals surface area contributed by atoms with Crippen LogP contribution in [0.5, 0.6) is 0 Å². The van der Waals surface area contributed by atoms with Crippen molar-refractivity contribution in [2.45, 2.75) is 32.2 Å². The van der Waals surface area contributed by atoms with Gasteiger partial charge in [0, 0.05) is 13.1 Å². The van der Waals surface area contributed by atoms with Gasteiger partial charge in [0.15, 0.2) is 0 Å². The molecule has 0 aliphatic carbocycles. The Hall–Kier alpha value is -0.870. The standard InChI is InChI=1S/C15H26N2O2/c1-12-4-10-17(11-5-12)14(15(18)19-3)13-6-8-16(2)9-7-13/h4,13-14H,5-11H2,1-3H3. The lowest BCUT2D eigenvalue weighted by Gasteiger charge is -2.39. The highest BCUT2D eigenvalue weighted by molar-refractivity contribution is 5.76. The van der Waals surface area contributed by atoms with Crippen LogP contribution in [0.25, 0.3) is 0 Å². The maximum atomic E-state index is 12.2. The van der Waals surface area contributed by atoms with E-state index < -0.39 is 0 Å². The molecular weight excluding hydrogens is 240 g/mol. The molecule has 0 amide bonds. The van der Waals surface area contributed by atoms with Crippen LogP contribution in [0.2, 0.25) is 0 Å². The summed E-state index contributed by atoms with van der Waals surface area (Å²) < 4.78 is 5.06. The van der Waals surface area contributed by atoms with Crippen molar-refractivity contribution in [3.63, 3.8) is 0 Å². The number of esters is 1. The van der Waals surface area contributed by atoms with E-state index >= 15 is 0 Å². The maximum absolute atomic E-state index is 12.2. The molecule has 0 aromatic carbocycles. The van der Waals surface area contributed by atoms with Gasteiger partial charge in [0.05, 0.1) is 7.11 Å². The number of carbonyl (C=O) groups is 1. The van der Waals surface area contributed by atoms with Crippen molar-refractivity contribution < 1.29 is 9.53 Å². The summed E-state index contributed by atoms with van der Waals surface area (Å²) in [4.78, 5) is 16.8. The van der Waals surface area contributed by atoms with Crippen LogP contribution in [-0.2, 0) is 9.53 Å². The van der Waals surface area contributed by atoms with E-state index in [0.717, 1.165) is 45.4 Å². The van der Waals surface area contributed by atoms with Crippen LogP contribution in [0.4, 0.5) is 0 Å². The maximum Gasteiger partial charge on any atom is 0.323 e. The first kappa shape index (κ1) is 14.5. The molecule has 4 nitrogen and oxygen atoms in total. The van der Waals surface area contributed by atoms with Crippen LogP contribution < -0.4 is 0 Å². The van der Waals surface area contributed by atoms with Gasteiger partial charge in [-0.3, -0.25) is 9.69 Å². The van der Waals surface area contributed by atoms with Crippen molar-refractivity contribution in [1.82, 2.24) is 9.80 Å². The van der Waals surface area contributed by atoms with E-state index in [4.69, 9.17) is 4.74 Å². The van der Waals surface area contributed by atoms with Crippen molar-refractivity contribution >= 4 is 5.97 Å². The summed E-state index contributed by atoms with van der Waals surface area (Å²) in [6, 6.07) is -0.0527. The molecule has 1 atom stereocenters. The fraction of sp³-hybridized carbons (Fsp3) is 0.800. The molecule has 19 heavy (non-hydrogen) atoms. The van der Waals surface area contributed by atoms with E-state index in [9.17, 15) is 4.79 Å². The Balaban J connectivity index is 2.06. The van der Waals surface area contributed by atoms with Gasteiger partial charge in [0.25, 0.3) is 0 Å². The third-order valence-corrected chi connectivity index (χ3v) is 4.51. The average molecular weight is 266 g/mol. The Morgan fingerprint density at radius 3 is 2.58 bits per heavy atom. The molecule has 2 rings (SSSR count). The van der Waals surface area contributed by atoms with E-state index in [1.165, 1.54) is 12.7 Å². The molecule has 1 fully saturated rings. The number of methoxy groups -OCH3 is 1. The van der Waals surface area contributed by atoms with Crippen LogP contribution in [0, 0.1) is 5.92 Å². The van der Waals surface area contributed by atoms with Crippen LogP contribution in [0.15, 0.2) is 11.6 Å². The third kappa shape index (κ3) is 3.57. The number of hydrogen-bond donors (Lipinski definition) is 0. The molecule has 4 heteroatoms. The minimum Gasteiger partial charge on any atom is -0.468 e. The third-order valence-electron chi connectivity index (χ3n) is 4.51. The second-order valence-corrected chi connectivity index (χ2v) is 5.90. The first-order chi connectivity index (χ1) is 9.11. The second-order valence-electron chi connectivity index (χ2n) is 5.90. The van der Waals surface area contributed by atoms with Gasteiger partial charge in [-0.15, -0.1) is 0 Å². The van der Waals surface area contributed by atoms with E-state index in [2.05, 4.69) is 29.8 Å². The summed E-state index contributed by atoms with van der Waals surface area (Å²) in [5.41, 5.74) is 1.43. The van der Waals surface area contributed by atoms with E-state index in [1.807, 2.05) is 0 Å². The number of hydrogen-bond acceptors (Lipinski definition) is 4. The van der Waals surface area contributed by atoms with Crippen molar-refractivity contribution in [1.29, 1.82) is 0 Å². The quantitative estimate of drug-likeness (QED) is 0.573. The number of nitrogens with zero attached hydrogens (tertiary/aromatic N) is 2. The normalized spacial score (nSPS) is 24.9. The predicted octanol–water partition coefficient (Wildman–Crippen LogP) is 1.52. The Morgan fingerprint density at radius 1 is 1.37 bits per heavy atom. The highest BCUT2D eigenvalue weighted by atomic mass is 16.5. The van der Waals surface area contributed by atoms with Gasteiger partial charge < -0.3 is 9.64 Å². The molecule has 1 saturated heterocycles. The number of carbonyl (C=O) groups excluding carboxylic acids is 1. The highest BCUT2D eigenvalue weighted by Gasteiger charge is 2.36. The highest BCUT2D eigenvalue weighted by Crippen LogP contribution is 2.26. The molecule has 1 unspecified atom stereocenters. The topological polar surface area (TPSA) is 32.8 Å². The molecule has 0 aromatic heterocycles. The van der Waals surface area contributed by atoms with Crippen LogP contribution >= 0.6 is 0 Å². The van der Waals surface area contributed by atoms with Gasteiger partial charge in [-0.05, 0) is 52.2 Å². The summed E-state index contributed by atoms with van der Waals surface area (Å²) in [5, 5.41) is 0. The molecule has 108 valence electrons. The average Bonchev–Trinajstić information content (AvgIpc) is 2.43. The predicted molar refractivity (Wildman–Crippen MR) is 76.0 cm³/mol. The Morgan fingerprint density at radius 2 is 2.05 bits per heavy atom. The lowest BCUT2D eigenvalue weighted by molar-refractivity contribution is -0.150. The van der Waals surface area contributed by atoms with E-state index in [0.29, 0.717) is 5.92 Å². The van der Waals surface area contributed by atoms with Gasteiger partial charge >= 0.3 is 5.97 Å². The molecule has 2 aliphatic rings. The monoisotopic (exact) mass is 266 g/mol. The molecule has 2 heterocycles. The summed E-state index contributed by atoms with van der Waals surface area (Å²) in [6.45, 7) is 6.20. The Labute approximate surface area is 116 Å². The zero-order valence-electron chi connectivity index (χ0n) is 12.4. The summed E-state index contributed by atoms with van der Waals surface area (Å²) in [5.74, 6) is 0.387. The molecule has 0 bridgehead atoms. The zero-order valence-corrected chi connectivity index (χ0v) is 12.4. The first-order valence-electron chi connectivity index (χ1n) is 7.28. The fourth-order valence-electron chi connectivity index (χ4n) is 3.14. The minimum absolute atomic E-state index is 0.0527. The van der Waals surface area contributed by atoms with Gasteiger partial charge in [0.1, 0.15) is 6.04 Å². The van der Waals surface area contributed by atoms with Gasteiger partial charge in [-0.2, -0.15) is 0 Å². The van der Waals surface area contributed by atoms with Crippen LogP contribution in [0.3, 0.4) is 0 Å². The molecule has 0 N–H and O–H groups in total. The first-order valence-corrected chi connectivity index (χ1v) is 7.28. The Bertz CT molecular complexity index is 346. The lowest BCUT2D eigenvalue weighted by Crippen LogP contribution is -2.51. The molecular formula is C15H26N2O2. The number of ether oxygens (including phenoxy) is 1. The van der Waals surface area contributed by atoms with Crippen molar-refractivity contribution in [2.24, 2.45) is 5.92 Å². The van der Waals surface area contributed by atoms with Gasteiger partial charge in [-0.1, -0.05) is 11.6 Å². The minimum atomic E-state index is -0.0532. The Kier molecular flexibility index (Phi) is 4.99. The molecule has 2 aliphatic heterocycles. The van der Waals surface area contributed by atoms with Crippen molar-refractivity contribution in [2.75, 3.05) is 40.3 Å². The largest absolute Gasteiger partial charge is 0.468 e. The van der Waals surface area contributed by atoms with E-state index in [-0.39, 0.29) is 12.0 Å². The second kappa shape index (κ2) is 6.53. The number of likely N-dealkylation sites (tertiary alicyclic amines) is 1. The number of piperidine rings is 1.